The second kappa shape index (κ2) is 7.69. The van der Waals surface area contributed by atoms with Crippen molar-refractivity contribution in [2.24, 2.45) is 0 Å². The number of aromatic hydroxyl groups is 1. The second-order valence-corrected chi connectivity index (χ2v) is 8.09. The highest BCUT2D eigenvalue weighted by Crippen LogP contribution is 2.38. The van der Waals surface area contributed by atoms with E-state index in [4.69, 9.17) is 13.9 Å². The van der Waals surface area contributed by atoms with Crippen LogP contribution in [0.15, 0.2) is 39.5 Å². The first-order chi connectivity index (χ1) is 14.6. The molecule has 0 radical (unpaired) electrons. The monoisotopic (exact) mass is 407 g/mol. The third-order valence-corrected chi connectivity index (χ3v) is 6.16. The van der Waals surface area contributed by atoms with Gasteiger partial charge in [0.2, 0.25) is 6.79 Å². The molecule has 0 atom stereocenters. The first-order valence-electron chi connectivity index (χ1n) is 10.5. The van der Waals surface area contributed by atoms with Crippen LogP contribution in [0.5, 0.6) is 17.2 Å². The van der Waals surface area contributed by atoms with Gasteiger partial charge in [-0.3, -0.25) is 4.90 Å². The minimum atomic E-state index is -0.415. The van der Waals surface area contributed by atoms with Gasteiger partial charge in [-0.15, -0.1) is 0 Å². The highest BCUT2D eigenvalue weighted by molar-refractivity contribution is 5.90. The summed E-state index contributed by atoms with van der Waals surface area (Å²) in [5.41, 5.74) is 2.82. The standard InChI is InChI=1S/C24H25NO5/c1-15-17-7-8-19(26)18(13-25-10-4-2-3-5-11-25)23(17)30-24(27)22(15)16-6-9-20-21(12-16)29-14-28-20/h6-9,12,26H,2-5,10-11,13-14H2,1H3. The number of likely N-dealkylation sites (tertiary alicyclic amines) is 1. The van der Waals surface area contributed by atoms with E-state index in [2.05, 4.69) is 4.90 Å². The quantitative estimate of drug-likeness (QED) is 0.641. The molecule has 0 amide bonds. The van der Waals surface area contributed by atoms with Crippen molar-refractivity contribution in [3.8, 4) is 28.4 Å². The first-order valence-corrected chi connectivity index (χ1v) is 10.5. The first kappa shape index (κ1) is 19.0. The van der Waals surface area contributed by atoms with E-state index in [0.29, 0.717) is 34.8 Å². The highest BCUT2D eigenvalue weighted by Gasteiger charge is 2.22. The van der Waals surface area contributed by atoms with Crippen molar-refractivity contribution in [2.45, 2.75) is 39.2 Å². The Hall–Kier alpha value is -2.99. The molecule has 0 unspecified atom stereocenters. The van der Waals surface area contributed by atoms with Crippen LogP contribution in [0, 0.1) is 6.92 Å². The lowest BCUT2D eigenvalue weighted by molar-refractivity contribution is 0.174. The fraction of sp³-hybridized carbons (Fsp3) is 0.375. The number of ether oxygens (including phenoxy) is 2. The third kappa shape index (κ3) is 3.31. The topological polar surface area (TPSA) is 72.1 Å². The molecule has 3 heterocycles. The molecular formula is C24H25NO5. The van der Waals surface area contributed by atoms with Gasteiger partial charge in [-0.05, 0) is 68.2 Å². The van der Waals surface area contributed by atoms with Crippen molar-refractivity contribution in [2.75, 3.05) is 19.9 Å². The Morgan fingerprint density at radius 2 is 1.77 bits per heavy atom. The molecule has 0 aliphatic carbocycles. The maximum atomic E-state index is 13.0. The lowest BCUT2D eigenvalue weighted by Gasteiger charge is -2.21. The van der Waals surface area contributed by atoms with E-state index in [1.54, 1.807) is 6.07 Å². The Balaban J connectivity index is 1.61. The van der Waals surface area contributed by atoms with Crippen molar-refractivity contribution in [1.29, 1.82) is 0 Å². The smallest absolute Gasteiger partial charge is 0.344 e. The Bertz CT molecular complexity index is 1160. The molecule has 5 rings (SSSR count). The van der Waals surface area contributed by atoms with E-state index in [9.17, 15) is 9.90 Å². The normalized spacial score (nSPS) is 16.7. The van der Waals surface area contributed by atoms with Crippen LogP contribution in [0.25, 0.3) is 22.1 Å². The SMILES string of the molecule is Cc1c(-c2ccc3c(c2)OCO3)c(=O)oc2c(CN3CCCCCC3)c(O)ccc12. The summed E-state index contributed by atoms with van der Waals surface area (Å²) in [6.07, 6.45) is 4.79. The molecule has 3 aromatic rings. The fourth-order valence-electron chi connectivity index (χ4n) is 4.52. The van der Waals surface area contributed by atoms with E-state index < -0.39 is 5.63 Å². The molecule has 1 saturated heterocycles. The molecule has 6 heteroatoms. The van der Waals surface area contributed by atoms with Crippen molar-refractivity contribution >= 4 is 11.0 Å². The number of rotatable bonds is 3. The third-order valence-electron chi connectivity index (χ3n) is 6.16. The van der Waals surface area contributed by atoms with Crippen LogP contribution in [-0.4, -0.2) is 29.9 Å². The van der Waals surface area contributed by atoms with Gasteiger partial charge in [-0.25, -0.2) is 4.79 Å². The number of phenolic OH excluding ortho intramolecular Hbond substituents is 1. The molecule has 1 aromatic heterocycles. The van der Waals surface area contributed by atoms with Gasteiger partial charge in [-0.1, -0.05) is 18.9 Å². The van der Waals surface area contributed by atoms with Gasteiger partial charge in [-0.2, -0.15) is 0 Å². The zero-order valence-electron chi connectivity index (χ0n) is 17.1. The minimum Gasteiger partial charge on any atom is -0.507 e. The summed E-state index contributed by atoms with van der Waals surface area (Å²) in [4.78, 5) is 15.4. The van der Waals surface area contributed by atoms with Crippen LogP contribution < -0.4 is 15.1 Å². The van der Waals surface area contributed by atoms with E-state index in [1.807, 2.05) is 31.2 Å². The van der Waals surface area contributed by atoms with Gasteiger partial charge in [0.1, 0.15) is 11.3 Å². The number of hydrogen-bond acceptors (Lipinski definition) is 6. The van der Waals surface area contributed by atoms with Gasteiger partial charge in [0.25, 0.3) is 0 Å². The maximum absolute atomic E-state index is 13.0. The summed E-state index contributed by atoms with van der Waals surface area (Å²) in [6, 6.07) is 8.99. The van der Waals surface area contributed by atoms with Gasteiger partial charge in [0.15, 0.2) is 11.5 Å². The van der Waals surface area contributed by atoms with Crippen LogP contribution in [0.3, 0.4) is 0 Å². The zero-order valence-corrected chi connectivity index (χ0v) is 17.1. The molecule has 2 aliphatic rings. The van der Waals surface area contributed by atoms with Gasteiger partial charge >= 0.3 is 5.63 Å². The molecule has 1 fully saturated rings. The van der Waals surface area contributed by atoms with E-state index in [0.717, 1.165) is 42.4 Å². The Morgan fingerprint density at radius 1 is 1.00 bits per heavy atom. The average molecular weight is 407 g/mol. The van der Waals surface area contributed by atoms with Gasteiger partial charge in [0.05, 0.1) is 11.1 Å². The number of aryl methyl sites for hydroxylation is 1. The van der Waals surface area contributed by atoms with Crippen molar-refractivity contribution in [3.05, 3.63) is 51.9 Å². The molecule has 156 valence electrons. The highest BCUT2D eigenvalue weighted by atomic mass is 16.7. The lowest BCUT2D eigenvalue weighted by atomic mass is 9.97. The number of fused-ring (bicyclic) bond motifs is 2. The molecule has 30 heavy (non-hydrogen) atoms. The van der Waals surface area contributed by atoms with E-state index in [1.165, 1.54) is 12.8 Å². The summed E-state index contributed by atoms with van der Waals surface area (Å²) in [6.45, 7) is 4.67. The van der Waals surface area contributed by atoms with Crippen molar-refractivity contribution in [3.63, 3.8) is 0 Å². The molecule has 0 bridgehead atoms. The minimum absolute atomic E-state index is 0.171. The van der Waals surface area contributed by atoms with Crippen LogP contribution in [-0.2, 0) is 6.54 Å². The predicted molar refractivity (Wildman–Crippen MR) is 114 cm³/mol. The Labute approximate surface area is 174 Å². The fourth-order valence-corrected chi connectivity index (χ4v) is 4.52. The van der Waals surface area contributed by atoms with Gasteiger partial charge in [0, 0.05) is 11.9 Å². The van der Waals surface area contributed by atoms with E-state index in [-0.39, 0.29) is 12.5 Å². The van der Waals surface area contributed by atoms with Crippen LogP contribution in [0.4, 0.5) is 0 Å². The average Bonchev–Trinajstić information content (AvgIpc) is 3.05. The summed E-state index contributed by atoms with van der Waals surface area (Å²) >= 11 is 0. The summed E-state index contributed by atoms with van der Waals surface area (Å²) in [5.74, 6) is 1.47. The summed E-state index contributed by atoms with van der Waals surface area (Å²) in [7, 11) is 0. The van der Waals surface area contributed by atoms with Crippen LogP contribution >= 0.6 is 0 Å². The molecule has 2 aliphatic heterocycles. The number of benzene rings is 2. The van der Waals surface area contributed by atoms with Crippen molar-refractivity contribution < 1.29 is 19.0 Å². The van der Waals surface area contributed by atoms with E-state index >= 15 is 0 Å². The van der Waals surface area contributed by atoms with Crippen molar-refractivity contribution in [1.82, 2.24) is 4.90 Å². The van der Waals surface area contributed by atoms with Crippen LogP contribution in [0.1, 0.15) is 36.8 Å². The molecule has 0 spiro atoms. The van der Waals surface area contributed by atoms with Gasteiger partial charge < -0.3 is 19.0 Å². The number of phenols is 1. The summed E-state index contributed by atoms with van der Waals surface area (Å²) in [5, 5.41) is 11.4. The number of nitrogens with zero attached hydrogens (tertiary/aromatic N) is 1. The molecule has 6 nitrogen and oxygen atoms in total. The zero-order chi connectivity index (χ0) is 20.7. The summed E-state index contributed by atoms with van der Waals surface area (Å²) < 4.78 is 16.7. The molecule has 0 saturated carbocycles. The Morgan fingerprint density at radius 3 is 2.57 bits per heavy atom. The number of hydrogen-bond donors (Lipinski definition) is 1. The molecular weight excluding hydrogens is 382 g/mol. The lowest BCUT2D eigenvalue weighted by Crippen LogP contribution is -2.24. The molecule has 1 N–H and O–H groups in total. The molecule has 2 aromatic carbocycles. The predicted octanol–water partition coefficient (Wildman–Crippen LogP) is 4.58. The maximum Gasteiger partial charge on any atom is 0.344 e. The largest absolute Gasteiger partial charge is 0.507 e. The Kier molecular flexibility index (Phi) is 4.87. The second-order valence-electron chi connectivity index (χ2n) is 8.09. The van der Waals surface area contributed by atoms with Crippen LogP contribution in [0.2, 0.25) is 0 Å².